The van der Waals surface area contributed by atoms with Gasteiger partial charge in [-0.25, -0.2) is 8.42 Å². The summed E-state index contributed by atoms with van der Waals surface area (Å²) in [5, 5.41) is 3.37. The van der Waals surface area contributed by atoms with Crippen LogP contribution in [0.3, 0.4) is 0 Å². The van der Waals surface area contributed by atoms with Gasteiger partial charge in [0.1, 0.15) is 0 Å². The predicted octanol–water partition coefficient (Wildman–Crippen LogP) is 2.59. The summed E-state index contributed by atoms with van der Waals surface area (Å²) in [4.78, 5) is 0.364. The van der Waals surface area contributed by atoms with Crippen molar-refractivity contribution in [3.8, 4) is 0 Å². The van der Waals surface area contributed by atoms with E-state index in [2.05, 4.69) is 35.3 Å². The Morgan fingerprint density at radius 1 is 1.05 bits per heavy atom. The van der Waals surface area contributed by atoms with Gasteiger partial charge in [0, 0.05) is 38.3 Å². The number of rotatable bonds is 7. The van der Waals surface area contributed by atoms with Gasteiger partial charge in [0.15, 0.2) is 9.84 Å². The average Bonchev–Trinajstić information content (AvgIpc) is 2.86. The maximum absolute atomic E-state index is 11.4. The molecule has 1 aromatic carbocycles. The van der Waals surface area contributed by atoms with E-state index in [1.54, 1.807) is 12.1 Å². The molecule has 0 aliphatic rings. The summed E-state index contributed by atoms with van der Waals surface area (Å²) in [7, 11) is -3.11. The normalized spacial score (nSPS) is 11.7. The van der Waals surface area contributed by atoms with Gasteiger partial charge in [-0.15, -0.1) is 0 Å². The van der Waals surface area contributed by atoms with Crippen molar-refractivity contribution in [1.29, 1.82) is 0 Å². The molecule has 2 rings (SSSR count). The molecule has 0 radical (unpaired) electrons. The van der Waals surface area contributed by atoms with Crippen molar-refractivity contribution in [2.24, 2.45) is 0 Å². The van der Waals surface area contributed by atoms with Crippen LogP contribution in [0.4, 0.5) is 0 Å². The van der Waals surface area contributed by atoms with Crippen molar-refractivity contribution >= 4 is 9.84 Å². The third-order valence-electron chi connectivity index (χ3n) is 3.30. The highest BCUT2D eigenvalue weighted by atomic mass is 32.2. The monoisotopic (exact) mass is 306 g/mol. The lowest BCUT2D eigenvalue weighted by Crippen LogP contribution is -2.12. The molecule has 114 valence electrons. The van der Waals surface area contributed by atoms with E-state index in [4.69, 9.17) is 0 Å². The average molecular weight is 306 g/mol. The fraction of sp³-hybridized carbons (Fsp3) is 0.375. The van der Waals surface area contributed by atoms with E-state index in [-0.39, 0.29) is 0 Å². The molecule has 5 heteroatoms. The van der Waals surface area contributed by atoms with Crippen LogP contribution in [0, 0.1) is 0 Å². The van der Waals surface area contributed by atoms with Gasteiger partial charge in [-0.3, -0.25) is 0 Å². The quantitative estimate of drug-likeness (QED) is 0.855. The molecule has 0 unspecified atom stereocenters. The summed E-state index contributed by atoms with van der Waals surface area (Å²) in [5.41, 5.74) is 2.34. The lowest BCUT2D eigenvalue weighted by atomic mass is 10.2. The number of aromatic nitrogens is 1. The predicted molar refractivity (Wildman–Crippen MR) is 84.8 cm³/mol. The van der Waals surface area contributed by atoms with Crippen LogP contribution in [0.5, 0.6) is 0 Å². The molecule has 2 aromatic rings. The molecule has 0 amide bonds. The topological polar surface area (TPSA) is 51.1 Å². The zero-order chi connectivity index (χ0) is 15.3. The Hall–Kier alpha value is -1.59. The van der Waals surface area contributed by atoms with Crippen LogP contribution in [0.15, 0.2) is 47.6 Å². The van der Waals surface area contributed by atoms with Gasteiger partial charge in [-0.05, 0) is 35.7 Å². The Labute approximate surface area is 126 Å². The highest BCUT2D eigenvalue weighted by Gasteiger charge is 2.05. The Balaban J connectivity index is 1.85. The summed E-state index contributed by atoms with van der Waals surface area (Å²) < 4.78 is 25.0. The van der Waals surface area contributed by atoms with E-state index >= 15 is 0 Å². The molecule has 0 aliphatic carbocycles. The first-order valence-corrected chi connectivity index (χ1v) is 9.02. The van der Waals surface area contributed by atoms with E-state index in [1.165, 1.54) is 11.8 Å². The molecule has 0 saturated heterocycles. The van der Waals surface area contributed by atoms with E-state index in [9.17, 15) is 8.42 Å². The molecule has 0 spiro atoms. The molecule has 0 aliphatic heterocycles. The molecule has 1 heterocycles. The van der Waals surface area contributed by atoms with Crippen LogP contribution in [-0.4, -0.2) is 19.2 Å². The largest absolute Gasteiger partial charge is 0.354 e. The molecular weight excluding hydrogens is 284 g/mol. The van der Waals surface area contributed by atoms with Crippen LogP contribution >= 0.6 is 0 Å². The standard InChI is InChI=1S/C16H22N2O2S/c1-3-9-18-10-8-15(13-18)12-17-11-14-4-6-16(7-5-14)21(2,19)20/h4-8,10,13,17H,3,9,11-12H2,1-2H3. The minimum Gasteiger partial charge on any atom is -0.354 e. The summed E-state index contributed by atoms with van der Waals surface area (Å²) in [6.07, 6.45) is 6.61. The van der Waals surface area contributed by atoms with E-state index in [0.717, 1.165) is 31.6 Å². The van der Waals surface area contributed by atoms with Gasteiger partial charge in [0.2, 0.25) is 0 Å². The molecule has 0 saturated carbocycles. The molecule has 0 bridgehead atoms. The van der Waals surface area contributed by atoms with E-state index in [0.29, 0.717) is 4.90 Å². The van der Waals surface area contributed by atoms with Crippen LogP contribution in [0.25, 0.3) is 0 Å². The Bertz CT molecular complexity index is 673. The number of hydrogen-bond acceptors (Lipinski definition) is 3. The van der Waals surface area contributed by atoms with Gasteiger partial charge in [-0.1, -0.05) is 19.1 Å². The van der Waals surface area contributed by atoms with Crippen molar-refractivity contribution in [2.45, 2.75) is 37.9 Å². The maximum atomic E-state index is 11.4. The van der Waals surface area contributed by atoms with Crippen molar-refractivity contribution in [3.05, 3.63) is 53.9 Å². The number of nitrogens with one attached hydrogen (secondary N) is 1. The first kappa shape index (κ1) is 15.8. The van der Waals surface area contributed by atoms with Gasteiger partial charge in [0.05, 0.1) is 4.90 Å². The Morgan fingerprint density at radius 3 is 2.33 bits per heavy atom. The second-order valence-electron chi connectivity index (χ2n) is 5.28. The third-order valence-corrected chi connectivity index (χ3v) is 4.43. The molecule has 4 nitrogen and oxygen atoms in total. The summed E-state index contributed by atoms with van der Waals surface area (Å²) in [6.45, 7) is 4.75. The lowest BCUT2D eigenvalue weighted by Gasteiger charge is -2.05. The molecule has 21 heavy (non-hydrogen) atoms. The van der Waals surface area contributed by atoms with Crippen molar-refractivity contribution < 1.29 is 8.42 Å². The highest BCUT2D eigenvalue weighted by molar-refractivity contribution is 7.90. The molecular formula is C16H22N2O2S. The maximum Gasteiger partial charge on any atom is 0.175 e. The van der Waals surface area contributed by atoms with Crippen LogP contribution in [-0.2, 0) is 29.5 Å². The first-order chi connectivity index (χ1) is 9.99. The third kappa shape index (κ3) is 4.72. The molecule has 1 N–H and O–H groups in total. The minimum atomic E-state index is -3.11. The summed E-state index contributed by atoms with van der Waals surface area (Å²) in [5.74, 6) is 0. The van der Waals surface area contributed by atoms with Crippen molar-refractivity contribution in [2.75, 3.05) is 6.26 Å². The molecule has 1 aromatic heterocycles. The number of nitrogens with zero attached hydrogens (tertiary/aromatic N) is 1. The van der Waals surface area contributed by atoms with E-state index in [1.807, 2.05) is 12.1 Å². The van der Waals surface area contributed by atoms with Crippen LogP contribution in [0.2, 0.25) is 0 Å². The molecule has 0 atom stereocenters. The second-order valence-corrected chi connectivity index (χ2v) is 7.29. The summed E-state index contributed by atoms with van der Waals surface area (Å²) >= 11 is 0. The fourth-order valence-corrected chi connectivity index (χ4v) is 2.83. The fourth-order valence-electron chi connectivity index (χ4n) is 2.20. The minimum absolute atomic E-state index is 0.364. The van der Waals surface area contributed by atoms with Gasteiger partial charge >= 0.3 is 0 Å². The number of aryl methyl sites for hydroxylation is 1. The van der Waals surface area contributed by atoms with Gasteiger partial charge < -0.3 is 9.88 Å². The SMILES string of the molecule is CCCn1ccc(CNCc2ccc(S(C)(=O)=O)cc2)c1. The van der Waals surface area contributed by atoms with Gasteiger partial charge in [0.25, 0.3) is 0 Å². The Kier molecular flexibility index (Phi) is 5.20. The first-order valence-electron chi connectivity index (χ1n) is 7.13. The van der Waals surface area contributed by atoms with Crippen LogP contribution < -0.4 is 5.32 Å². The zero-order valence-electron chi connectivity index (χ0n) is 12.5. The second kappa shape index (κ2) is 6.91. The summed E-state index contributed by atoms with van der Waals surface area (Å²) in [6, 6.07) is 9.14. The van der Waals surface area contributed by atoms with Crippen molar-refractivity contribution in [3.63, 3.8) is 0 Å². The van der Waals surface area contributed by atoms with Crippen molar-refractivity contribution in [1.82, 2.24) is 9.88 Å². The molecule has 0 fully saturated rings. The van der Waals surface area contributed by atoms with Crippen LogP contribution in [0.1, 0.15) is 24.5 Å². The number of benzene rings is 1. The number of sulfone groups is 1. The van der Waals surface area contributed by atoms with E-state index < -0.39 is 9.84 Å². The highest BCUT2D eigenvalue weighted by Crippen LogP contribution is 2.10. The van der Waals surface area contributed by atoms with Gasteiger partial charge in [-0.2, -0.15) is 0 Å². The lowest BCUT2D eigenvalue weighted by molar-refractivity contribution is 0.602. The zero-order valence-corrected chi connectivity index (χ0v) is 13.4. The smallest absolute Gasteiger partial charge is 0.175 e. The Morgan fingerprint density at radius 2 is 1.71 bits per heavy atom. The number of hydrogen-bond donors (Lipinski definition) is 1.